The normalized spacial score (nSPS) is 21.0. The Morgan fingerprint density at radius 1 is 0.630 bits per heavy atom. The van der Waals surface area contributed by atoms with Crippen molar-refractivity contribution in [2.24, 2.45) is 10.8 Å². The van der Waals surface area contributed by atoms with Gasteiger partial charge in [0.15, 0.2) is 0 Å². The van der Waals surface area contributed by atoms with Crippen molar-refractivity contribution in [2.75, 3.05) is 19.8 Å². The zero-order valence-corrected chi connectivity index (χ0v) is 26.8. The van der Waals surface area contributed by atoms with E-state index < -0.39 is 12.2 Å². The third-order valence-corrected chi connectivity index (χ3v) is 10.1. The highest BCUT2D eigenvalue weighted by Gasteiger charge is 2.42. The van der Waals surface area contributed by atoms with Crippen molar-refractivity contribution in [3.63, 3.8) is 0 Å². The van der Waals surface area contributed by atoms with Crippen molar-refractivity contribution in [3.8, 4) is 22.3 Å². The summed E-state index contributed by atoms with van der Waals surface area (Å²) >= 11 is 0. The van der Waals surface area contributed by atoms with E-state index in [0.717, 1.165) is 19.3 Å². The molecule has 2 atom stereocenters. The van der Waals surface area contributed by atoms with Gasteiger partial charge in [0.1, 0.15) is 13.2 Å². The van der Waals surface area contributed by atoms with Gasteiger partial charge in [-0.25, -0.2) is 9.59 Å². The number of carbonyl (C=O) groups is 2. The van der Waals surface area contributed by atoms with Gasteiger partial charge in [0.25, 0.3) is 0 Å². The standard InChI is InChI=1S/C40H42N2O4/c1-39(2)20-26(42-38(44)46-23-36-33-18-10-6-14-29(33)30-15-7-11-19-34(30)36)21-40(3,24-39)25-41-37(43)45-22-35-31-16-8-4-12-27(31)28-13-5-9-17-32(28)35/h4-19,26,35-36H,20-25H2,1-3H3,(H,41,43)(H,42,44). The minimum absolute atomic E-state index is 0.0167. The number of rotatable bonds is 7. The first-order chi connectivity index (χ1) is 22.2. The molecule has 0 aromatic heterocycles. The predicted molar refractivity (Wildman–Crippen MR) is 181 cm³/mol. The maximum atomic E-state index is 13.1. The predicted octanol–water partition coefficient (Wildman–Crippen LogP) is 8.65. The average Bonchev–Trinajstić information content (AvgIpc) is 3.53. The van der Waals surface area contributed by atoms with E-state index in [1.165, 1.54) is 44.5 Å². The van der Waals surface area contributed by atoms with Crippen LogP contribution in [0.4, 0.5) is 9.59 Å². The fourth-order valence-corrected chi connectivity index (χ4v) is 8.61. The third-order valence-electron chi connectivity index (χ3n) is 10.1. The second-order valence-corrected chi connectivity index (χ2v) is 14.4. The monoisotopic (exact) mass is 614 g/mol. The summed E-state index contributed by atoms with van der Waals surface area (Å²) in [5, 5.41) is 6.22. The Hall–Kier alpha value is -4.58. The van der Waals surface area contributed by atoms with Crippen LogP contribution in [-0.4, -0.2) is 38.0 Å². The maximum absolute atomic E-state index is 13.1. The molecule has 0 saturated heterocycles. The lowest BCUT2D eigenvalue weighted by atomic mass is 9.62. The summed E-state index contributed by atoms with van der Waals surface area (Å²) in [5.74, 6) is 0.0424. The fourth-order valence-electron chi connectivity index (χ4n) is 8.61. The van der Waals surface area contributed by atoms with Crippen LogP contribution in [0.3, 0.4) is 0 Å². The van der Waals surface area contributed by atoms with Gasteiger partial charge in [-0.3, -0.25) is 0 Å². The first-order valence-electron chi connectivity index (χ1n) is 16.4. The Kier molecular flexibility index (Phi) is 7.83. The number of ether oxygens (including phenoxy) is 2. The van der Waals surface area contributed by atoms with Gasteiger partial charge in [-0.1, -0.05) is 118 Å². The highest BCUT2D eigenvalue weighted by Crippen LogP contribution is 2.47. The lowest BCUT2D eigenvalue weighted by Crippen LogP contribution is -2.50. The Morgan fingerprint density at radius 3 is 1.50 bits per heavy atom. The highest BCUT2D eigenvalue weighted by molar-refractivity contribution is 5.80. The smallest absolute Gasteiger partial charge is 0.407 e. The zero-order chi connectivity index (χ0) is 31.9. The molecule has 2 amide bonds. The van der Waals surface area contributed by atoms with Crippen LogP contribution in [0.5, 0.6) is 0 Å². The molecule has 4 aromatic carbocycles. The van der Waals surface area contributed by atoms with E-state index in [1.54, 1.807) is 0 Å². The van der Waals surface area contributed by atoms with E-state index in [9.17, 15) is 9.59 Å². The molecule has 7 rings (SSSR count). The van der Waals surface area contributed by atoms with E-state index in [1.807, 2.05) is 36.4 Å². The molecule has 0 aliphatic heterocycles. The molecule has 6 nitrogen and oxygen atoms in total. The Labute approximate surface area is 271 Å². The maximum Gasteiger partial charge on any atom is 0.407 e. The van der Waals surface area contributed by atoms with Crippen LogP contribution in [0.15, 0.2) is 97.1 Å². The summed E-state index contributed by atoms with van der Waals surface area (Å²) in [6, 6.07) is 33.3. The molecular weight excluding hydrogens is 572 g/mol. The third kappa shape index (κ3) is 5.89. The Morgan fingerprint density at radius 2 is 1.04 bits per heavy atom. The van der Waals surface area contributed by atoms with Crippen LogP contribution in [0, 0.1) is 10.8 Å². The van der Waals surface area contributed by atoms with E-state index in [-0.39, 0.29) is 41.9 Å². The Bertz CT molecular complexity index is 1690. The molecule has 3 aliphatic rings. The van der Waals surface area contributed by atoms with Gasteiger partial charge in [0, 0.05) is 24.4 Å². The molecule has 236 valence electrons. The molecule has 0 spiro atoms. The average molecular weight is 615 g/mol. The van der Waals surface area contributed by atoms with E-state index in [0.29, 0.717) is 6.54 Å². The number of fused-ring (bicyclic) bond motifs is 6. The molecule has 4 aromatic rings. The summed E-state index contributed by atoms with van der Waals surface area (Å²) < 4.78 is 11.7. The van der Waals surface area contributed by atoms with Gasteiger partial charge in [0.2, 0.25) is 0 Å². The van der Waals surface area contributed by atoms with Crippen molar-refractivity contribution >= 4 is 12.2 Å². The largest absolute Gasteiger partial charge is 0.449 e. The SMILES string of the molecule is CC1(C)CC(NC(=O)OCC2c3ccccc3-c3ccccc32)CC(C)(CNC(=O)OCC2c3ccccc3-c3ccccc32)C1. The minimum Gasteiger partial charge on any atom is -0.449 e. The van der Waals surface area contributed by atoms with Gasteiger partial charge >= 0.3 is 12.2 Å². The van der Waals surface area contributed by atoms with Crippen molar-refractivity contribution in [1.29, 1.82) is 0 Å². The van der Waals surface area contributed by atoms with Gasteiger partial charge < -0.3 is 20.1 Å². The quantitative estimate of drug-likeness (QED) is 0.218. The zero-order valence-electron chi connectivity index (χ0n) is 26.8. The van der Waals surface area contributed by atoms with Crippen LogP contribution < -0.4 is 10.6 Å². The summed E-state index contributed by atoms with van der Waals surface area (Å²) in [5.41, 5.74) is 9.38. The van der Waals surface area contributed by atoms with E-state index in [4.69, 9.17) is 9.47 Å². The highest BCUT2D eigenvalue weighted by atomic mass is 16.6. The second-order valence-electron chi connectivity index (χ2n) is 14.4. The summed E-state index contributed by atoms with van der Waals surface area (Å²) in [6.45, 7) is 7.68. The Balaban J connectivity index is 0.940. The van der Waals surface area contributed by atoms with Crippen LogP contribution >= 0.6 is 0 Å². The van der Waals surface area contributed by atoms with E-state index in [2.05, 4.69) is 92.1 Å². The first kappa shape index (κ1) is 30.1. The molecule has 0 radical (unpaired) electrons. The number of benzene rings is 4. The van der Waals surface area contributed by atoms with Crippen LogP contribution in [0.2, 0.25) is 0 Å². The number of hydrogen-bond acceptors (Lipinski definition) is 4. The number of amides is 2. The second kappa shape index (κ2) is 12.0. The molecule has 6 heteroatoms. The summed E-state index contributed by atoms with van der Waals surface area (Å²) in [7, 11) is 0. The number of nitrogens with one attached hydrogen (secondary N) is 2. The molecule has 46 heavy (non-hydrogen) atoms. The summed E-state index contributed by atoms with van der Waals surface area (Å²) in [6.07, 6.45) is 1.71. The van der Waals surface area contributed by atoms with Crippen molar-refractivity contribution in [1.82, 2.24) is 10.6 Å². The lowest BCUT2D eigenvalue weighted by molar-refractivity contribution is 0.0619. The minimum atomic E-state index is -0.410. The lowest BCUT2D eigenvalue weighted by Gasteiger charge is -2.46. The van der Waals surface area contributed by atoms with Crippen molar-refractivity contribution in [2.45, 2.75) is 57.9 Å². The number of carbonyl (C=O) groups excluding carboxylic acids is 2. The van der Waals surface area contributed by atoms with Gasteiger partial charge in [0.05, 0.1) is 0 Å². The molecule has 3 aliphatic carbocycles. The molecule has 2 unspecified atom stereocenters. The van der Waals surface area contributed by atoms with Crippen LogP contribution in [0.25, 0.3) is 22.3 Å². The summed E-state index contributed by atoms with van der Waals surface area (Å²) in [4.78, 5) is 26.1. The molecule has 0 bridgehead atoms. The van der Waals surface area contributed by atoms with Gasteiger partial charge in [-0.05, 0) is 74.6 Å². The first-order valence-corrected chi connectivity index (χ1v) is 16.4. The number of hydrogen-bond donors (Lipinski definition) is 2. The van der Waals surface area contributed by atoms with Gasteiger partial charge in [-0.2, -0.15) is 0 Å². The van der Waals surface area contributed by atoms with Gasteiger partial charge in [-0.15, -0.1) is 0 Å². The molecule has 1 saturated carbocycles. The molecule has 0 heterocycles. The molecule has 2 N–H and O–H groups in total. The van der Waals surface area contributed by atoms with Crippen molar-refractivity contribution in [3.05, 3.63) is 119 Å². The number of alkyl carbamates (subject to hydrolysis) is 2. The van der Waals surface area contributed by atoms with Crippen LogP contribution in [0.1, 0.15) is 74.1 Å². The molecular formula is C40H42N2O4. The topological polar surface area (TPSA) is 76.7 Å². The molecule has 1 fully saturated rings. The fraction of sp³-hybridized carbons (Fsp3) is 0.350. The van der Waals surface area contributed by atoms with Crippen LogP contribution in [-0.2, 0) is 9.47 Å². The van der Waals surface area contributed by atoms with E-state index >= 15 is 0 Å². The van der Waals surface area contributed by atoms with Crippen molar-refractivity contribution < 1.29 is 19.1 Å².